The van der Waals surface area contributed by atoms with Crippen molar-refractivity contribution >= 4 is 5.97 Å². The van der Waals surface area contributed by atoms with Crippen molar-refractivity contribution in [3.63, 3.8) is 0 Å². The quantitative estimate of drug-likeness (QED) is 0.541. The van der Waals surface area contributed by atoms with Gasteiger partial charge in [-0.15, -0.1) is 0 Å². The van der Waals surface area contributed by atoms with Crippen LogP contribution >= 0.6 is 0 Å². The zero-order valence-corrected chi connectivity index (χ0v) is 11.7. The van der Waals surface area contributed by atoms with Gasteiger partial charge in [0.05, 0.1) is 5.41 Å². The van der Waals surface area contributed by atoms with E-state index in [2.05, 4.69) is 19.9 Å². The number of hydrogen-bond acceptors (Lipinski definition) is 2. The van der Waals surface area contributed by atoms with Crippen molar-refractivity contribution in [2.24, 2.45) is 22.7 Å². The van der Waals surface area contributed by atoms with Crippen molar-refractivity contribution in [2.45, 2.75) is 47.5 Å². The SMILES string of the molecule is CC(C)(C)C(=O)OCC1=CC[C@H]2C[C@H]1C2(C)C. The number of carbonyl (C=O) groups excluding carboxylic acids is 1. The Labute approximate surface area is 104 Å². The number of fused-ring (bicyclic) bond motifs is 1. The fourth-order valence-electron chi connectivity index (χ4n) is 3.01. The molecule has 2 atom stereocenters. The second-order valence-corrected chi connectivity index (χ2v) is 7.15. The Morgan fingerprint density at radius 2 is 2.12 bits per heavy atom. The smallest absolute Gasteiger partial charge is 0.311 e. The first-order valence-electron chi connectivity index (χ1n) is 6.59. The van der Waals surface area contributed by atoms with E-state index in [1.165, 1.54) is 12.0 Å². The van der Waals surface area contributed by atoms with Crippen LogP contribution in [0.2, 0.25) is 0 Å². The number of carbonyl (C=O) groups is 1. The molecule has 96 valence electrons. The number of ether oxygens (including phenoxy) is 1. The van der Waals surface area contributed by atoms with Crippen LogP contribution in [-0.4, -0.2) is 12.6 Å². The zero-order chi connectivity index (χ0) is 12.8. The van der Waals surface area contributed by atoms with Crippen LogP contribution in [0.3, 0.4) is 0 Å². The lowest BCUT2D eigenvalue weighted by Crippen LogP contribution is -2.48. The van der Waals surface area contributed by atoms with E-state index in [9.17, 15) is 4.79 Å². The van der Waals surface area contributed by atoms with Gasteiger partial charge in [0.25, 0.3) is 0 Å². The summed E-state index contributed by atoms with van der Waals surface area (Å²) in [5, 5.41) is 0. The standard InChI is InChI=1S/C15H24O2/c1-14(2,3)13(16)17-9-10-6-7-11-8-12(10)15(11,4)5/h6,11-12H,7-9H2,1-5H3/t11-,12+/m0/s1. The van der Waals surface area contributed by atoms with Crippen molar-refractivity contribution in [1.29, 1.82) is 0 Å². The minimum atomic E-state index is -0.396. The van der Waals surface area contributed by atoms with Crippen LogP contribution in [0.1, 0.15) is 47.5 Å². The van der Waals surface area contributed by atoms with Crippen molar-refractivity contribution in [3.8, 4) is 0 Å². The Bertz CT molecular complexity index is 358. The molecule has 0 saturated heterocycles. The maximum atomic E-state index is 11.7. The topological polar surface area (TPSA) is 26.3 Å². The van der Waals surface area contributed by atoms with Crippen LogP contribution in [0.4, 0.5) is 0 Å². The Hall–Kier alpha value is -0.790. The molecule has 0 radical (unpaired) electrons. The van der Waals surface area contributed by atoms with Gasteiger partial charge in [-0.05, 0) is 56.4 Å². The molecule has 1 saturated carbocycles. The van der Waals surface area contributed by atoms with Gasteiger partial charge in [0, 0.05) is 0 Å². The molecule has 0 aromatic carbocycles. The first-order chi connectivity index (χ1) is 7.73. The molecule has 1 fully saturated rings. The molecular formula is C15H24O2. The van der Waals surface area contributed by atoms with Gasteiger partial charge in [0.15, 0.2) is 0 Å². The van der Waals surface area contributed by atoms with Gasteiger partial charge in [0.2, 0.25) is 0 Å². The molecule has 0 heterocycles. The summed E-state index contributed by atoms with van der Waals surface area (Å²) in [6, 6.07) is 0. The van der Waals surface area contributed by atoms with Crippen LogP contribution in [0.25, 0.3) is 0 Å². The molecule has 0 aromatic rings. The van der Waals surface area contributed by atoms with Gasteiger partial charge < -0.3 is 4.74 Å². The lowest BCUT2D eigenvalue weighted by molar-refractivity contribution is -0.152. The average molecular weight is 236 g/mol. The van der Waals surface area contributed by atoms with E-state index >= 15 is 0 Å². The molecule has 2 heteroatoms. The average Bonchev–Trinajstić information content (AvgIpc) is 2.24. The van der Waals surface area contributed by atoms with Crippen molar-refractivity contribution < 1.29 is 9.53 Å². The highest BCUT2D eigenvalue weighted by atomic mass is 16.5. The number of hydrogen-bond donors (Lipinski definition) is 0. The Morgan fingerprint density at radius 1 is 1.47 bits per heavy atom. The van der Waals surface area contributed by atoms with Gasteiger partial charge in [-0.25, -0.2) is 0 Å². The molecule has 3 rings (SSSR count). The number of esters is 1. The van der Waals surface area contributed by atoms with E-state index < -0.39 is 5.41 Å². The van der Waals surface area contributed by atoms with Crippen LogP contribution in [-0.2, 0) is 9.53 Å². The maximum absolute atomic E-state index is 11.7. The Kier molecular flexibility index (Phi) is 2.87. The van der Waals surface area contributed by atoms with E-state index in [4.69, 9.17) is 4.74 Å². The van der Waals surface area contributed by atoms with E-state index in [1.54, 1.807) is 0 Å². The van der Waals surface area contributed by atoms with Crippen LogP contribution in [0.5, 0.6) is 0 Å². The lowest BCUT2D eigenvalue weighted by atomic mass is 9.49. The molecule has 0 amide bonds. The first kappa shape index (κ1) is 12.7. The summed E-state index contributed by atoms with van der Waals surface area (Å²) in [4.78, 5) is 11.7. The van der Waals surface area contributed by atoms with E-state index in [1.807, 2.05) is 20.8 Å². The molecule has 3 aliphatic rings. The molecule has 0 N–H and O–H groups in total. The van der Waals surface area contributed by atoms with Crippen LogP contribution in [0, 0.1) is 22.7 Å². The monoisotopic (exact) mass is 236 g/mol. The van der Waals surface area contributed by atoms with Gasteiger partial charge in [-0.2, -0.15) is 0 Å². The van der Waals surface area contributed by atoms with Crippen molar-refractivity contribution in [1.82, 2.24) is 0 Å². The highest BCUT2D eigenvalue weighted by Crippen LogP contribution is 2.59. The first-order valence-corrected chi connectivity index (χ1v) is 6.59. The minimum Gasteiger partial charge on any atom is -0.461 e. The molecule has 2 bridgehead atoms. The second kappa shape index (κ2) is 3.86. The van der Waals surface area contributed by atoms with E-state index in [0.717, 1.165) is 12.3 Å². The van der Waals surface area contributed by atoms with Crippen LogP contribution in [0.15, 0.2) is 11.6 Å². The Balaban J connectivity index is 1.93. The summed E-state index contributed by atoms with van der Waals surface area (Å²) in [5.74, 6) is 1.38. The summed E-state index contributed by atoms with van der Waals surface area (Å²) in [6.07, 6.45) is 4.73. The third-order valence-electron chi connectivity index (χ3n) is 4.56. The summed E-state index contributed by atoms with van der Waals surface area (Å²) < 4.78 is 5.43. The normalized spacial score (nSPS) is 30.3. The predicted molar refractivity (Wildman–Crippen MR) is 68.5 cm³/mol. The van der Waals surface area contributed by atoms with Crippen LogP contribution < -0.4 is 0 Å². The minimum absolute atomic E-state index is 0.0994. The molecular weight excluding hydrogens is 212 g/mol. The third kappa shape index (κ3) is 2.14. The third-order valence-corrected chi connectivity index (χ3v) is 4.56. The summed E-state index contributed by atoms with van der Waals surface area (Å²) in [6.45, 7) is 10.9. The largest absolute Gasteiger partial charge is 0.461 e. The predicted octanol–water partition coefficient (Wildman–Crippen LogP) is 3.57. The van der Waals surface area contributed by atoms with Gasteiger partial charge >= 0.3 is 5.97 Å². The second-order valence-electron chi connectivity index (χ2n) is 7.15. The van der Waals surface area contributed by atoms with Crippen molar-refractivity contribution in [2.75, 3.05) is 6.61 Å². The van der Waals surface area contributed by atoms with Crippen molar-refractivity contribution in [3.05, 3.63) is 11.6 Å². The molecule has 2 nitrogen and oxygen atoms in total. The fraction of sp³-hybridized carbons (Fsp3) is 0.800. The number of rotatable bonds is 2. The van der Waals surface area contributed by atoms with Gasteiger partial charge in [-0.1, -0.05) is 19.9 Å². The summed E-state index contributed by atoms with van der Waals surface area (Å²) in [7, 11) is 0. The van der Waals surface area contributed by atoms with E-state index in [0.29, 0.717) is 17.9 Å². The molecule has 0 aromatic heterocycles. The van der Waals surface area contributed by atoms with Gasteiger partial charge in [0.1, 0.15) is 6.61 Å². The Morgan fingerprint density at radius 3 is 2.59 bits per heavy atom. The molecule has 17 heavy (non-hydrogen) atoms. The molecule has 0 unspecified atom stereocenters. The molecule has 0 aliphatic heterocycles. The maximum Gasteiger partial charge on any atom is 0.311 e. The highest BCUT2D eigenvalue weighted by molar-refractivity contribution is 5.75. The highest BCUT2D eigenvalue weighted by Gasteiger charge is 2.51. The van der Waals surface area contributed by atoms with Gasteiger partial charge in [-0.3, -0.25) is 4.79 Å². The fourth-order valence-corrected chi connectivity index (χ4v) is 3.01. The summed E-state index contributed by atoms with van der Waals surface area (Å²) >= 11 is 0. The summed E-state index contributed by atoms with van der Waals surface area (Å²) in [5.41, 5.74) is 1.36. The zero-order valence-electron chi connectivity index (χ0n) is 11.7. The van der Waals surface area contributed by atoms with E-state index in [-0.39, 0.29) is 5.97 Å². The number of allylic oxidation sites excluding steroid dienone is 1. The molecule has 3 aliphatic carbocycles. The lowest BCUT2D eigenvalue weighted by Gasteiger charge is -2.56. The molecule has 0 spiro atoms.